The highest BCUT2D eigenvalue weighted by molar-refractivity contribution is 7.99. The van der Waals surface area contributed by atoms with Crippen LogP contribution in [0, 0.1) is 0 Å². The maximum absolute atomic E-state index is 2.24. The van der Waals surface area contributed by atoms with Gasteiger partial charge in [-0.2, -0.15) is 4.57 Å². The minimum atomic E-state index is 0.481. The average Bonchev–Trinajstić information content (AvgIpc) is 2.33. The van der Waals surface area contributed by atoms with Crippen LogP contribution in [0.25, 0.3) is 0 Å². The first-order valence-electron chi connectivity index (χ1n) is 5.43. The number of hydrogen-bond acceptors (Lipinski definition) is 1. The Kier molecular flexibility index (Phi) is 3.62. The summed E-state index contributed by atoms with van der Waals surface area (Å²) < 4.78 is 2.16. The summed E-state index contributed by atoms with van der Waals surface area (Å²) in [5, 5.41) is 1.77. The SMILES string of the molecule is CC(Sc1cccc[n+]1C)c1ccccc1. The van der Waals surface area contributed by atoms with Gasteiger partial charge in [0.2, 0.25) is 5.03 Å². The van der Waals surface area contributed by atoms with E-state index >= 15 is 0 Å². The quantitative estimate of drug-likeness (QED) is 0.577. The number of aromatic nitrogens is 1. The van der Waals surface area contributed by atoms with E-state index in [1.807, 2.05) is 11.8 Å². The standard InChI is InChI=1S/C14H16NS/c1-12(13-8-4-3-5-9-13)16-14-10-6-7-11-15(14)2/h3-12H,1-2H3/q+1. The van der Waals surface area contributed by atoms with Gasteiger partial charge in [-0.3, -0.25) is 0 Å². The van der Waals surface area contributed by atoms with Crippen molar-refractivity contribution in [3.05, 3.63) is 60.3 Å². The van der Waals surface area contributed by atoms with Crippen molar-refractivity contribution in [1.82, 2.24) is 0 Å². The van der Waals surface area contributed by atoms with E-state index in [9.17, 15) is 0 Å². The Balaban J connectivity index is 2.14. The lowest BCUT2D eigenvalue weighted by molar-refractivity contribution is -0.708. The molecule has 2 aromatic rings. The third-order valence-electron chi connectivity index (χ3n) is 2.57. The third kappa shape index (κ3) is 2.64. The molecule has 0 radical (unpaired) electrons. The van der Waals surface area contributed by atoms with Gasteiger partial charge in [0.15, 0.2) is 6.20 Å². The number of nitrogens with zero attached hydrogens (tertiary/aromatic N) is 1. The molecule has 0 aliphatic rings. The summed E-state index contributed by atoms with van der Waals surface area (Å²) >= 11 is 1.89. The van der Waals surface area contributed by atoms with Gasteiger partial charge in [-0.1, -0.05) is 30.3 Å². The molecule has 0 amide bonds. The lowest BCUT2D eigenvalue weighted by atomic mass is 10.2. The van der Waals surface area contributed by atoms with Crippen molar-refractivity contribution >= 4 is 11.8 Å². The predicted molar refractivity (Wildman–Crippen MR) is 68.3 cm³/mol. The summed E-state index contributed by atoms with van der Waals surface area (Å²) in [6.07, 6.45) is 2.08. The number of aryl methyl sites for hydroxylation is 1. The lowest BCUT2D eigenvalue weighted by Gasteiger charge is -2.09. The Morgan fingerprint density at radius 2 is 1.69 bits per heavy atom. The van der Waals surface area contributed by atoms with Crippen LogP contribution in [0.3, 0.4) is 0 Å². The lowest BCUT2D eigenvalue weighted by Crippen LogP contribution is -2.29. The summed E-state index contributed by atoms with van der Waals surface area (Å²) in [5.74, 6) is 0. The van der Waals surface area contributed by atoms with E-state index in [-0.39, 0.29) is 0 Å². The van der Waals surface area contributed by atoms with Gasteiger partial charge in [0.1, 0.15) is 7.05 Å². The van der Waals surface area contributed by atoms with E-state index in [4.69, 9.17) is 0 Å². The molecule has 0 aliphatic carbocycles. The van der Waals surface area contributed by atoms with Crippen molar-refractivity contribution in [2.24, 2.45) is 7.05 Å². The molecule has 0 saturated carbocycles. The fraction of sp³-hybridized carbons (Fsp3) is 0.214. The molecule has 1 unspecified atom stereocenters. The smallest absolute Gasteiger partial charge is 0.196 e. The number of pyridine rings is 1. The van der Waals surface area contributed by atoms with Crippen molar-refractivity contribution in [2.75, 3.05) is 0 Å². The second-order valence-electron chi connectivity index (χ2n) is 3.82. The molecule has 0 aliphatic heterocycles. The monoisotopic (exact) mass is 230 g/mol. The Morgan fingerprint density at radius 1 is 1.00 bits per heavy atom. The van der Waals surface area contributed by atoms with Gasteiger partial charge in [0.25, 0.3) is 0 Å². The average molecular weight is 230 g/mol. The normalized spacial score (nSPS) is 12.4. The van der Waals surface area contributed by atoms with Gasteiger partial charge in [-0.05, 0) is 30.3 Å². The van der Waals surface area contributed by atoms with Crippen molar-refractivity contribution in [1.29, 1.82) is 0 Å². The van der Waals surface area contributed by atoms with E-state index in [2.05, 4.69) is 73.3 Å². The second kappa shape index (κ2) is 5.17. The van der Waals surface area contributed by atoms with Crippen LogP contribution in [-0.4, -0.2) is 0 Å². The molecule has 1 nitrogen and oxygen atoms in total. The Bertz CT molecular complexity index is 453. The predicted octanol–water partition coefficient (Wildman–Crippen LogP) is 3.36. The molecule has 1 aromatic heterocycles. The van der Waals surface area contributed by atoms with E-state index in [0.29, 0.717) is 5.25 Å². The van der Waals surface area contributed by atoms with Crippen molar-refractivity contribution in [3.63, 3.8) is 0 Å². The second-order valence-corrected chi connectivity index (χ2v) is 5.18. The van der Waals surface area contributed by atoms with E-state index in [0.717, 1.165) is 0 Å². The summed E-state index contributed by atoms with van der Waals surface area (Å²) in [7, 11) is 2.08. The van der Waals surface area contributed by atoms with E-state index in [1.54, 1.807) is 0 Å². The molecule has 0 bridgehead atoms. The van der Waals surface area contributed by atoms with Gasteiger partial charge < -0.3 is 0 Å². The van der Waals surface area contributed by atoms with Crippen LogP contribution in [0.4, 0.5) is 0 Å². The first kappa shape index (κ1) is 11.2. The molecule has 2 heteroatoms. The topological polar surface area (TPSA) is 3.88 Å². The minimum Gasteiger partial charge on any atom is -0.196 e. The van der Waals surface area contributed by atoms with Gasteiger partial charge >= 0.3 is 0 Å². The van der Waals surface area contributed by atoms with E-state index < -0.39 is 0 Å². The number of benzene rings is 1. The maximum atomic E-state index is 2.24. The molecular formula is C14H16NS+. The molecule has 2 rings (SSSR count). The van der Waals surface area contributed by atoms with Crippen LogP contribution in [0.15, 0.2) is 59.8 Å². The van der Waals surface area contributed by atoms with Crippen molar-refractivity contribution < 1.29 is 4.57 Å². The summed E-state index contributed by atoms with van der Waals surface area (Å²) in [6.45, 7) is 2.24. The molecule has 0 N–H and O–H groups in total. The number of hydrogen-bond donors (Lipinski definition) is 0. The fourth-order valence-corrected chi connectivity index (χ4v) is 2.64. The summed E-state index contributed by atoms with van der Waals surface area (Å²) in [5.41, 5.74) is 1.37. The van der Waals surface area contributed by atoms with Crippen molar-refractivity contribution in [2.45, 2.75) is 17.2 Å². The van der Waals surface area contributed by atoms with Crippen LogP contribution in [-0.2, 0) is 7.05 Å². The zero-order chi connectivity index (χ0) is 11.4. The highest BCUT2D eigenvalue weighted by atomic mass is 32.2. The third-order valence-corrected chi connectivity index (χ3v) is 3.87. The molecule has 0 saturated heterocycles. The Labute approximate surface area is 101 Å². The van der Waals surface area contributed by atoms with Crippen LogP contribution >= 0.6 is 11.8 Å². The van der Waals surface area contributed by atoms with Gasteiger partial charge in [-0.15, -0.1) is 0 Å². The molecule has 82 valence electrons. The van der Waals surface area contributed by atoms with Crippen LogP contribution in [0.2, 0.25) is 0 Å². The Morgan fingerprint density at radius 3 is 2.38 bits per heavy atom. The number of rotatable bonds is 3. The van der Waals surface area contributed by atoms with Gasteiger partial charge in [0.05, 0.1) is 0 Å². The van der Waals surface area contributed by atoms with Crippen molar-refractivity contribution in [3.8, 4) is 0 Å². The largest absolute Gasteiger partial charge is 0.240 e. The first-order valence-corrected chi connectivity index (χ1v) is 6.31. The molecule has 1 heterocycles. The molecule has 0 fully saturated rings. The van der Waals surface area contributed by atoms with Gasteiger partial charge in [-0.25, -0.2) is 0 Å². The summed E-state index contributed by atoms with van der Waals surface area (Å²) in [6, 6.07) is 16.9. The molecule has 16 heavy (non-hydrogen) atoms. The summed E-state index contributed by atoms with van der Waals surface area (Å²) in [4.78, 5) is 0. The van der Waals surface area contributed by atoms with Crippen LogP contribution in [0.5, 0.6) is 0 Å². The molecular weight excluding hydrogens is 214 g/mol. The highest BCUT2D eigenvalue weighted by Crippen LogP contribution is 2.32. The molecule has 0 spiro atoms. The molecule has 1 aromatic carbocycles. The zero-order valence-electron chi connectivity index (χ0n) is 9.63. The van der Waals surface area contributed by atoms with Crippen LogP contribution in [0.1, 0.15) is 17.7 Å². The van der Waals surface area contributed by atoms with Crippen LogP contribution < -0.4 is 4.57 Å². The fourth-order valence-electron chi connectivity index (χ4n) is 1.60. The number of thioether (sulfide) groups is 1. The molecule has 1 atom stereocenters. The maximum Gasteiger partial charge on any atom is 0.240 e. The highest BCUT2D eigenvalue weighted by Gasteiger charge is 2.12. The van der Waals surface area contributed by atoms with Gasteiger partial charge in [0, 0.05) is 17.4 Å². The van der Waals surface area contributed by atoms with E-state index in [1.165, 1.54) is 10.6 Å². The minimum absolute atomic E-state index is 0.481. The first-order chi connectivity index (χ1) is 7.77. The Hall–Kier alpha value is -1.28. The zero-order valence-corrected chi connectivity index (χ0v) is 10.4.